The summed E-state index contributed by atoms with van der Waals surface area (Å²) in [6.45, 7) is 5.23. The standard InChI is InChI=1S/C22H24ClN5O2/c1-2-30-22(29)28-13-11-27(12-14-28)21-25-19-10-6-4-8-17(19)20(26-21)24-15-16-7-3-5-9-18(16)23/h3-10H,2,11-15H2,1H3,(H,24,25,26). The number of anilines is 2. The molecule has 0 saturated carbocycles. The molecule has 4 rings (SSSR count). The van der Waals surface area contributed by atoms with E-state index in [1.807, 2.05) is 55.5 Å². The van der Waals surface area contributed by atoms with Gasteiger partial charge in [-0.05, 0) is 30.7 Å². The summed E-state index contributed by atoms with van der Waals surface area (Å²) in [6.07, 6.45) is -0.265. The van der Waals surface area contributed by atoms with Crippen LogP contribution in [0, 0.1) is 0 Å². The number of ether oxygens (including phenoxy) is 1. The molecular weight excluding hydrogens is 402 g/mol. The number of aromatic nitrogens is 2. The Bertz CT molecular complexity index is 1040. The second-order valence-corrected chi connectivity index (χ2v) is 7.41. The Balaban J connectivity index is 1.55. The zero-order valence-electron chi connectivity index (χ0n) is 16.8. The fraction of sp³-hybridized carbons (Fsp3) is 0.318. The summed E-state index contributed by atoms with van der Waals surface area (Å²) in [7, 11) is 0. The molecule has 0 atom stereocenters. The monoisotopic (exact) mass is 425 g/mol. The van der Waals surface area contributed by atoms with Gasteiger partial charge in [0.15, 0.2) is 0 Å². The second-order valence-electron chi connectivity index (χ2n) is 7.01. The molecule has 1 aliphatic rings. The number of para-hydroxylation sites is 1. The van der Waals surface area contributed by atoms with Gasteiger partial charge in [0.05, 0.1) is 12.1 Å². The maximum Gasteiger partial charge on any atom is 0.409 e. The minimum Gasteiger partial charge on any atom is -0.450 e. The molecule has 0 radical (unpaired) electrons. The van der Waals surface area contributed by atoms with E-state index in [4.69, 9.17) is 26.3 Å². The number of carbonyl (C=O) groups excluding carboxylic acids is 1. The molecule has 3 aromatic rings. The normalized spacial score (nSPS) is 14.1. The summed E-state index contributed by atoms with van der Waals surface area (Å²) in [5, 5.41) is 5.10. The predicted molar refractivity (Wildman–Crippen MR) is 119 cm³/mol. The lowest BCUT2D eigenvalue weighted by Crippen LogP contribution is -2.49. The van der Waals surface area contributed by atoms with E-state index in [0.29, 0.717) is 45.3 Å². The van der Waals surface area contributed by atoms with Crippen molar-refractivity contribution in [3.05, 3.63) is 59.1 Å². The summed E-state index contributed by atoms with van der Waals surface area (Å²) >= 11 is 6.30. The number of piperazine rings is 1. The zero-order valence-corrected chi connectivity index (χ0v) is 17.6. The molecule has 0 spiro atoms. The fourth-order valence-electron chi connectivity index (χ4n) is 3.47. The molecule has 2 heterocycles. The van der Waals surface area contributed by atoms with Crippen LogP contribution in [0.2, 0.25) is 5.02 Å². The first kappa shape index (κ1) is 20.2. The van der Waals surface area contributed by atoms with Crippen LogP contribution in [0.15, 0.2) is 48.5 Å². The van der Waals surface area contributed by atoms with E-state index in [1.165, 1.54) is 0 Å². The molecule has 0 aliphatic carbocycles. The van der Waals surface area contributed by atoms with Crippen LogP contribution >= 0.6 is 11.6 Å². The maximum absolute atomic E-state index is 12.0. The van der Waals surface area contributed by atoms with Crippen molar-refractivity contribution in [2.75, 3.05) is 43.0 Å². The number of rotatable bonds is 5. The summed E-state index contributed by atoms with van der Waals surface area (Å²) in [5.41, 5.74) is 1.88. The summed E-state index contributed by atoms with van der Waals surface area (Å²) in [6, 6.07) is 15.7. The van der Waals surface area contributed by atoms with E-state index in [9.17, 15) is 4.79 Å². The third kappa shape index (κ3) is 4.41. The molecule has 1 amide bonds. The van der Waals surface area contributed by atoms with Gasteiger partial charge in [-0.25, -0.2) is 9.78 Å². The third-order valence-electron chi connectivity index (χ3n) is 5.08. The quantitative estimate of drug-likeness (QED) is 0.661. The topological polar surface area (TPSA) is 70.6 Å². The molecule has 8 heteroatoms. The van der Waals surface area contributed by atoms with Gasteiger partial charge in [0.1, 0.15) is 5.82 Å². The van der Waals surface area contributed by atoms with Gasteiger partial charge in [-0.1, -0.05) is 41.9 Å². The first-order chi connectivity index (χ1) is 14.7. The van der Waals surface area contributed by atoms with Crippen molar-refractivity contribution < 1.29 is 9.53 Å². The van der Waals surface area contributed by atoms with E-state index >= 15 is 0 Å². The van der Waals surface area contributed by atoms with Crippen LogP contribution in [0.5, 0.6) is 0 Å². The summed E-state index contributed by atoms with van der Waals surface area (Å²) < 4.78 is 5.10. The van der Waals surface area contributed by atoms with Crippen LogP contribution in [-0.4, -0.2) is 53.7 Å². The Hall–Kier alpha value is -3.06. The van der Waals surface area contributed by atoms with Gasteiger partial charge >= 0.3 is 6.09 Å². The molecule has 0 unspecified atom stereocenters. The zero-order chi connectivity index (χ0) is 20.9. The molecule has 1 aliphatic heterocycles. The first-order valence-electron chi connectivity index (χ1n) is 10.1. The number of nitrogens with one attached hydrogen (secondary N) is 1. The highest BCUT2D eigenvalue weighted by atomic mass is 35.5. The first-order valence-corrected chi connectivity index (χ1v) is 10.4. The Morgan fingerprint density at radius 1 is 1.07 bits per heavy atom. The van der Waals surface area contributed by atoms with Gasteiger partial charge < -0.3 is 19.9 Å². The van der Waals surface area contributed by atoms with Gasteiger partial charge in [0, 0.05) is 43.1 Å². The highest BCUT2D eigenvalue weighted by Crippen LogP contribution is 2.25. The maximum atomic E-state index is 12.0. The lowest BCUT2D eigenvalue weighted by atomic mass is 10.2. The summed E-state index contributed by atoms with van der Waals surface area (Å²) in [4.78, 5) is 25.3. The fourth-order valence-corrected chi connectivity index (χ4v) is 3.67. The number of hydrogen-bond acceptors (Lipinski definition) is 6. The van der Waals surface area contributed by atoms with Crippen LogP contribution in [0.3, 0.4) is 0 Å². The number of benzene rings is 2. The number of halogens is 1. The third-order valence-corrected chi connectivity index (χ3v) is 5.45. The number of fused-ring (bicyclic) bond motifs is 1. The molecular formula is C22H24ClN5O2. The van der Waals surface area contributed by atoms with Crippen molar-refractivity contribution >= 4 is 40.4 Å². The molecule has 7 nitrogen and oxygen atoms in total. The lowest BCUT2D eigenvalue weighted by Gasteiger charge is -2.34. The van der Waals surface area contributed by atoms with E-state index in [2.05, 4.69) is 10.2 Å². The lowest BCUT2D eigenvalue weighted by molar-refractivity contribution is 0.105. The Labute approximate surface area is 180 Å². The van der Waals surface area contributed by atoms with Crippen LogP contribution in [0.25, 0.3) is 10.9 Å². The molecule has 1 fully saturated rings. The number of amides is 1. The highest BCUT2D eigenvalue weighted by Gasteiger charge is 2.24. The number of nitrogens with zero attached hydrogens (tertiary/aromatic N) is 4. The molecule has 156 valence electrons. The van der Waals surface area contributed by atoms with Gasteiger partial charge in [-0.2, -0.15) is 4.98 Å². The van der Waals surface area contributed by atoms with Crippen LogP contribution in [0.1, 0.15) is 12.5 Å². The van der Waals surface area contributed by atoms with Gasteiger partial charge in [0.2, 0.25) is 5.95 Å². The van der Waals surface area contributed by atoms with E-state index in [1.54, 1.807) is 4.90 Å². The summed E-state index contributed by atoms with van der Waals surface area (Å²) in [5.74, 6) is 1.42. The van der Waals surface area contributed by atoms with Gasteiger partial charge in [-0.15, -0.1) is 0 Å². The average molecular weight is 426 g/mol. The van der Waals surface area contributed by atoms with Crippen molar-refractivity contribution in [2.24, 2.45) is 0 Å². The van der Waals surface area contributed by atoms with Crippen molar-refractivity contribution in [3.8, 4) is 0 Å². The molecule has 0 bridgehead atoms. The van der Waals surface area contributed by atoms with Crippen molar-refractivity contribution in [2.45, 2.75) is 13.5 Å². The minimum atomic E-state index is -0.265. The highest BCUT2D eigenvalue weighted by molar-refractivity contribution is 6.31. The molecule has 1 N–H and O–H groups in total. The molecule has 30 heavy (non-hydrogen) atoms. The molecule has 1 aromatic heterocycles. The minimum absolute atomic E-state index is 0.265. The number of carbonyl (C=O) groups is 1. The molecule has 2 aromatic carbocycles. The van der Waals surface area contributed by atoms with Gasteiger partial charge in [-0.3, -0.25) is 0 Å². The predicted octanol–water partition coefficient (Wildman–Crippen LogP) is 4.17. The molecule has 1 saturated heterocycles. The van der Waals surface area contributed by atoms with Crippen LogP contribution in [-0.2, 0) is 11.3 Å². The largest absolute Gasteiger partial charge is 0.450 e. The Morgan fingerprint density at radius 3 is 2.57 bits per heavy atom. The second kappa shape index (κ2) is 9.17. The van der Waals surface area contributed by atoms with Crippen molar-refractivity contribution in [3.63, 3.8) is 0 Å². The Morgan fingerprint density at radius 2 is 1.80 bits per heavy atom. The van der Waals surface area contributed by atoms with E-state index in [-0.39, 0.29) is 6.09 Å². The smallest absolute Gasteiger partial charge is 0.409 e. The Kier molecular flexibility index (Phi) is 6.18. The van der Waals surface area contributed by atoms with E-state index in [0.717, 1.165) is 27.3 Å². The number of hydrogen-bond donors (Lipinski definition) is 1. The van der Waals surface area contributed by atoms with Crippen molar-refractivity contribution in [1.82, 2.24) is 14.9 Å². The van der Waals surface area contributed by atoms with Crippen LogP contribution in [0.4, 0.5) is 16.6 Å². The van der Waals surface area contributed by atoms with Crippen LogP contribution < -0.4 is 10.2 Å². The van der Waals surface area contributed by atoms with Crippen molar-refractivity contribution in [1.29, 1.82) is 0 Å². The van der Waals surface area contributed by atoms with E-state index < -0.39 is 0 Å². The van der Waals surface area contributed by atoms with Gasteiger partial charge in [0.25, 0.3) is 0 Å². The SMILES string of the molecule is CCOC(=O)N1CCN(c2nc(NCc3ccccc3Cl)c3ccccc3n2)CC1. The average Bonchev–Trinajstić information content (AvgIpc) is 2.78.